The Balaban J connectivity index is 2.68. The van der Waals surface area contributed by atoms with E-state index in [9.17, 15) is 4.79 Å². The summed E-state index contributed by atoms with van der Waals surface area (Å²) >= 11 is 0. The van der Waals surface area contributed by atoms with Gasteiger partial charge in [0.2, 0.25) is 5.91 Å². The van der Waals surface area contributed by atoms with E-state index in [1.807, 2.05) is 13.0 Å². The summed E-state index contributed by atoms with van der Waals surface area (Å²) in [6, 6.07) is 7.18. The summed E-state index contributed by atoms with van der Waals surface area (Å²) in [5.41, 5.74) is 2.08. The van der Waals surface area contributed by atoms with Crippen molar-refractivity contribution in [2.45, 2.75) is 32.8 Å². The van der Waals surface area contributed by atoms with Gasteiger partial charge in [0.1, 0.15) is 0 Å². The quantitative estimate of drug-likeness (QED) is 0.833. The zero-order chi connectivity index (χ0) is 12.8. The SMILES string of the molecule is Cc1ccc(C#N)cc1NC(=O)CCC(C)O. The molecular formula is C13H16N2O2. The van der Waals surface area contributed by atoms with Crippen molar-refractivity contribution >= 4 is 11.6 Å². The zero-order valence-electron chi connectivity index (χ0n) is 10.0. The summed E-state index contributed by atoms with van der Waals surface area (Å²) in [5, 5.41) is 20.6. The minimum Gasteiger partial charge on any atom is -0.393 e. The Labute approximate surface area is 101 Å². The number of nitrogens with one attached hydrogen (secondary N) is 1. The number of nitrogens with zero attached hydrogens (tertiary/aromatic N) is 1. The molecular weight excluding hydrogens is 216 g/mol. The molecule has 0 fully saturated rings. The van der Waals surface area contributed by atoms with E-state index < -0.39 is 6.10 Å². The molecule has 0 aromatic heterocycles. The van der Waals surface area contributed by atoms with Gasteiger partial charge in [-0.15, -0.1) is 0 Å². The first-order chi connectivity index (χ1) is 8.02. The third-order valence-electron chi connectivity index (χ3n) is 2.43. The number of aryl methyl sites for hydroxylation is 1. The van der Waals surface area contributed by atoms with E-state index in [2.05, 4.69) is 5.32 Å². The van der Waals surface area contributed by atoms with Gasteiger partial charge in [-0.2, -0.15) is 5.26 Å². The van der Waals surface area contributed by atoms with Crippen LogP contribution in [-0.4, -0.2) is 17.1 Å². The van der Waals surface area contributed by atoms with E-state index in [0.29, 0.717) is 17.7 Å². The van der Waals surface area contributed by atoms with E-state index >= 15 is 0 Å². The molecule has 0 heterocycles. The fourth-order valence-electron chi connectivity index (χ4n) is 1.38. The van der Waals surface area contributed by atoms with Gasteiger partial charge in [0.05, 0.1) is 17.7 Å². The van der Waals surface area contributed by atoms with Crippen LogP contribution in [0.2, 0.25) is 0 Å². The lowest BCUT2D eigenvalue weighted by Crippen LogP contribution is -2.14. The van der Waals surface area contributed by atoms with Gasteiger partial charge in [0.25, 0.3) is 0 Å². The average Bonchev–Trinajstić information content (AvgIpc) is 2.29. The molecule has 0 aliphatic heterocycles. The van der Waals surface area contributed by atoms with Crippen molar-refractivity contribution in [1.82, 2.24) is 0 Å². The predicted octanol–water partition coefficient (Wildman–Crippen LogP) is 1.97. The van der Waals surface area contributed by atoms with E-state index in [4.69, 9.17) is 10.4 Å². The number of hydrogen-bond donors (Lipinski definition) is 2. The molecule has 2 N–H and O–H groups in total. The second kappa shape index (κ2) is 6.02. The molecule has 0 saturated heterocycles. The van der Waals surface area contributed by atoms with Crippen LogP contribution in [0.4, 0.5) is 5.69 Å². The van der Waals surface area contributed by atoms with Crippen LogP contribution in [0.3, 0.4) is 0 Å². The number of benzene rings is 1. The standard InChI is InChI=1S/C13H16N2O2/c1-9-3-5-11(8-14)7-12(9)15-13(17)6-4-10(2)16/h3,5,7,10,16H,4,6H2,1-2H3,(H,15,17). The van der Waals surface area contributed by atoms with Gasteiger partial charge in [0.15, 0.2) is 0 Å². The average molecular weight is 232 g/mol. The molecule has 1 aromatic rings. The minimum absolute atomic E-state index is 0.149. The highest BCUT2D eigenvalue weighted by Gasteiger charge is 2.07. The topological polar surface area (TPSA) is 73.1 Å². The molecule has 4 nitrogen and oxygen atoms in total. The maximum atomic E-state index is 11.6. The Bertz CT molecular complexity index is 447. The van der Waals surface area contributed by atoms with Gasteiger partial charge >= 0.3 is 0 Å². The fourth-order valence-corrected chi connectivity index (χ4v) is 1.38. The zero-order valence-corrected chi connectivity index (χ0v) is 10.0. The summed E-state index contributed by atoms with van der Waals surface area (Å²) in [6.45, 7) is 3.51. The molecule has 0 spiro atoms. The second-order valence-corrected chi connectivity index (χ2v) is 4.08. The third-order valence-corrected chi connectivity index (χ3v) is 2.43. The Morgan fingerprint density at radius 1 is 1.59 bits per heavy atom. The number of hydrogen-bond acceptors (Lipinski definition) is 3. The molecule has 0 radical (unpaired) electrons. The Kier molecular flexibility index (Phi) is 4.68. The van der Waals surface area contributed by atoms with Crippen LogP contribution >= 0.6 is 0 Å². The molecule has 0 saturated carbocycles. The van der Waals surface area contributed by atoms with Crippen molar-refractivity contribution in [2.24, 2.45) is 0 Å². The summed E-state index contributed by atoms with van der Waals surface area (Å²) in [5.74, 6) is -0.149. The number of rotatable bonds is 4. The smallest absolute Gasteiger partial charge is 0.224 e. The van der Waals surface area contributed by atoms with Crippen LogP contribution in [0.15, 0.2) is 18.2 Å². The monoisotopic (exact) mass is 232 g/mol. The highest BCUT2D eigenvalue weighted by Crippen LogP contribution is 2.16. The van der Waals surface area contributed by atoms with Crippen molar-refractivity contribution in [3.63, 3.8) is 0 Å². The lowest BCUT2D eigenvalue weighted by Gasteiger charge is -2.09. The highest BCUT2D eigenvalue weighted by atomic mass is 16.3. The van der Waals surface area contributed by atoms with E-state index in [-0.39, 0.29) is 12.3 Å². The van der Waals surface area contributed by atoms with Crippen molar-refractivity contribution in [1.29, 1.82) is 5.26 Å². The third kappa shape index (κ3) is 4.25. The van der Waals surface area contributed by atoms with Crippen LogP contribution in [0.1, 0.15) is 30.9 Å². The summed E-state index contributed by atoms with van der Waals surface area (Å²) in [4.78, 5) is 11.6. The Morgan fingerprint density at radius 3 is 2.88 bits per heavy atom. The largest absolute Gasteiger partial charge is 0.393 e. The van der Waals surface area contributed by atoms with Gasteiger partial charge in [-0.05, 0) is 38.0 Å². The lowest BCUT2D eigenvalue weighted by molar-refractivity contribution is -0.116. The fraction of sp³-hybridized carbons (Fsp3) is 0.385. The molecule has 17 heavy (non-hydrogen) atoms. The normalized spacial score (nSPS) is 11.6. The van der Waals surface area contributed by atoms with E-state index in [1.165, 1.54) is 0 Å². The summed E-state index contributed by atoms with van der Waals surface area (Å²) in [7, 11) is 0. The molecule has 1 aromatic carbocycles. The molecule has 90 valence electrons. The number of aliphatic hydroxyl groups excluding tert-OH is 1. The van der Waals surface area contributed by atoms with Gasteiger partial charge in [-0.1, -0.05) is 6.07 Å². The van der Waals surface area contributed by atoms with Crippen molar-refractivity contribution in [2.75, 3.05) is 5.32 Å². The van der Waals surface area contributed by atoms with Gasteiger partial charge in [-0.25, -0.2) is 0 Å². The summed E-state index contributed by atoms with van der Waals surface area (Å²) < 4.78 is 0. The number of nitriles is 1. The first-order valence-corrected chi connectivity index (χ1v) is 5.51. The number of aliphatic hydroxyl groups is 1. The highest BCUT2D eigenvalue weighted by molar-refractivity contribution is 5.91. The summed E-state index contributed by atoms with van der Waals surface area (Å²) in [6.07, 6.45) is 0.226. The lowest BCUT2D eigenvalue weighted by atomic mass is 10.1. The Hall–Kier alpha value is -1.86. The van der Waals surface area contributed by atoms with E-state index in [1.54, 1.807) is 25.1 Å². The van der Waals surface area contributed by atoms with Crippen molar-refractivity contribution < 1.29 is 9.90 Å². The maximum Gasteiger partial charge on any atom is 0.224 e. The maximum absolute atomic E-state index is 11.6. The molecule has 4 heteroatoms. The molecule has 0 aliphatic rings. The first kappa shape index (κ1) is 13.2. The van der Waals surface area contributed by atoms with Gasteiger partial charge < -0.3 is 10.4 Å². The van der Waals surface area contributed by atoms with Crippen LogP contribution in [0.25, 0.3) is 0 Å². The van der Waals surface area contributed by atoms with E-state index in [0.717, 1.165) is 5.56 Å². The molecule has 0 aliphatic carbocycles. The molecule has 1 amide bonds. The molecule has 1 rings (SSSR count). The first-order valence-electron chi connectivity index (χ1n) is 5.51. The van der Waals surface area contributed by atoms with Crippen LogP contribution in [-0.2, 0) is 4.79 Å². The van der Waals surface area contributed by atoms with Crippen LogP contribution < -0.4 is 5.32 Å². The van der Waals surface area contributed by atoms with Crippen molar-refractivity contribution in [3.8, 4) is 6.07 Å². The number of carbonyl (C=O) groups excluding carboxylic acids is 1. The molecule has 1 atom stereocenters. The Morgan fingerprint density at radius 2 is 2.29 bits per heavy atom. The van der Waals surface area contributed by atoms with Gasteiger partial charge in [0, 0.05) is 12.1 Å². The predicted molar refractivity (Wildman–Crippen MR) is 65.4 cm³/mol. The number of amides is 1. The van der Waals surface area contributed by atoms with Gasteiger partial charge in [-0.3, -0.25) is 4.79 Å². The molecule has 1 unspecified atom stereocenters. The van der Waals surface area contributed by atoms with Crippen LogP contribution in [0.5, 0.6) is 0 Å². The van der Waals surface area contributed by atoms with Crippen molar-refractivity contribution in [3.05, 3.63) is 29.3 Å². The van der Waals surface area contributed by atoms with Crippen LogP contribution in [0, 0.1) is 18.3 Å². The minimum atomic E-state index is -0.479. The number of carbonyl (C=O) groups is 1. The number of anilines is 1. The second-order valence-electron chi connectivity index (χ2n) is 4.08. The molecule has 0 bridgehead atoms.